The molecule has 0 atom stereocenters. The van der Waals surface area contributed by atoms with Gasteiger partial charge in [-0.3, -0.25) is 4.90 Å². The standard InChI is InChI=1S/C16H24F2N2O2/c1-3-16(17,18)22-13-12-19-8-10-20(11-9-19)14-4-6-15(21-2)7-5-14/h4-7H,3,8-13H2,1-2H3. The molecular weight excluding hydrogens is 290 g/mol. The highest BCUT2D eigenvalue weighted by Gasteiger charge is 2.27. The quantitative estimate of drug-likeness (QED) is 0.773. The highest BCUT2D eigenvalue weighted by molar-refractivity contribution is 5.49. The van der Waals surface area contributed by atoms with Gasteiger partial charge in [-0.15, -0.1) is 0 Å². The molecule has 1 aliphatic rings. The summed E-state index contributed by atoms with van der Waals surface area (Å²) in [6, 6.07) is 7.98. The zero-order valence-electron chi connectivity index (χ0n) is 13.2. The minimum atomic E-state index is -3.00. The molecule has 6 heteroatoms. The lowest BCUT2D eigenvalue weighted by Gasteiger charge is -2.36. The summed E-state index contributed by atoms with van der Waals surface area (Å²) < 4.78 is 35.8. The highest BCUT2D eigenvalue weighted by Crippen LogP contribution is 2.21. The number of hydrogen-bond acceptors (Lipinski definition) is 4. The molecule has 1 fully saturated rings. The summed E-state index contributed by atoms with van der Waals surface area (Å²) >= 11 is 0. The van der Waals surface area contributed by atoms with Gasteiger partial charge in [0, 0.05) is 44.8 Å². The maximum absolute atomic E-state index is 13.0. The first-order valence-electron chi connectivity index (χ1n) is 7.67. The van der Waals surface area contributed by atoms with Crippen LogP contribution in [0.4, 0.5) is 14.5 Å². The van der Waals surface area contributed by atoms with E-state index in [9.17, 15) is 8.78 Å². The van der Waals surface area contributed by atoms with Crippen molar-refractivity contribution in [2.45, 2.75) is 19.5 Å². The first-order valence-corrected chi connectivity index (χ1v) is 7.67. The monoisotopic (exact) mass is 314 g/mol. The van der Waals surface area contributed by atoms with Gasteiger partial charge in [-0.25, -0.2) is 0 Å². The van der Waals surface area contributed by atoms with Gasteiger partial charge < -0.3 is 14.4 Å². The molecule has 124 valence electrons. The molecule has 0 spiro atoms. The Bertz CT molecular complexity index is 446. The molecule has 0 saturated carbocycles. The second-order valence-corrected chi connectivity index (χ2v) is 5.37. The third-order valence-electron chi connectivity index (χ3n) is 3.94. The van der Waals surface area contributed by atoms with Crippen molar-refractivity contribution >= 4 is 5.69 Å². The minimum Gasteiger partial charge on any atom is -0.497 e. The third kappa shape index (κ3) is 4.81. The SMILES string of the molecule is CCC(F)(F)OCCN1CCN(c2ccc(OC)cc2)CC1. The Morgan fingerprint density at radius 2 is 1.73 bits per heavy atom. The summed E-state index contributed by atoms with van der Waals surface area (Å²) in [5, 5.41) is 0. The molecule has 22 heavy (non-hydrogen) atoms. The van der Waals surface area contributed by atoms with Crippen LogP contribution >= 0.6 is 0 Å². The van der Waals surface area contributed by atoms with E-state index in [1.807, 2.05) is 24.3 Å². The molecule has 1 aliphatic heterocycles. The second-order valence-electron chi connectivity index (χ2n) is 5.37. The summed E-state index contributed by atoms with van der Waals surface area (Å²) in [6.45, 7) is 5.52. The molecular formula is C16H24F2N2O2. The molecule has 1 heterocycles. The van der Waals surface area contributed by atoms with Gasteiger partial charge in [0.2, 0.25) is 0 Å². The first-order chi connectivity index (χ1) is 10.5. The highest BCUT2D eigenvalue weighted by atomic mass is 19.3. The molecule has 4 nitrogen and oxygen atoms in total. The van der Waals surface area contributed by atoms with Crippen molar-refractivity contribution in [1.82, 2.24) is 4.90 Å². The topological polar surface area (TPSA) is 24.9 Å². The molecule has 0 N–H and O–H groups in total. The Labute approximate surface area is 130 Å². The van der Waals surface area contributed by atoms with Crippen molar-refractivity contribution in [2.75, 3.05) is 51.3 Å². The Hall–Kier alpha value is -1.40. The molecule has 1 aromatic carbocycles. The van der Waals surface area contributed by atoms with Crippen molar-refractivity contribution in [3.8, 4) is 5.75 Å². The van der Waals surface area contributed by atoms with E-state index in [1.165, 1.54) is 6.92 Å². The van der Waals surface area contributed by atoms with Crippen molar-refractivity contribution in [3.63, 3.8) is 0 Å². The summed E-state index contributed by atoms with van der Waals surface area (Å²) in [4.78, 5) is 4.45. The van der Waals surface area contributed by atoms with Crippen LogP contribution in [-0.2, 0) is 4.74 Å². The van der Waals surface area contributed by atoms with Gasteiger partial charge in [-0.2, -0.15) is 8.78 Å². The summed E-state index contributed by atoms with van der Waals surface area (Å²) in [6.07, 6.45) is -3.27. The van der Waals surface area contributed by atoms with E-state index < -0.39 is 6.11 Å². The van der Waals surface area contributed by atoms with E-state index in [1.54, 1.807) is 7.11 Å². The van der Waals surface area contributed by atoms with Crippen LogP contribution in [0.2, 0.25) is 0 Å². The number of ether oxygens (including phenoxy) is 2. The van der Waals surface area contributed by atoms with Crippen LogP contribution in [0.5, 0.6) is 5.75 Å². The zero-order valence-corrected chi connectivity index (χ0v) is 13.2. The lowest BCUT2D eigenvalue weighted by Crippen LogP contribution is -2.47. The molecule has 1 aromatic rings. The van der Waals surface area contributed by atoms with Gasteiger partial charge in [0.15, 0.2) is 0 Å². The van der Waals surface area contributed by atoms with E-state index >= 15 is 0 Å². The number of rotatable bonds is 7. The fourth-order valence-corrected chi connectivity index (χ4v) is 2.45. The minimum absolute atomic E-state index is 0.0728. The molecule has 0 aliphatic carbocycles. The van der Waals surface area contributed by atoms with Crippen LogP contribution in [0, 0.1) is 0 Å². The molecule has 0 radical (unpaired) electrons. The van der Waals surface area contributed by atoms with Gasteiger partial charge in [0.05, 0.1) is 13.7 Å². The van der Waals surface area contributed by atoms with Crippen LogP contribution in [-0.4, -0.2) is 57.4 Å². The van der Waals surface area contributed by atoms with Gasteiger partial charge in [0.25, 0.3) is 0 Å². The average Bonchev–Trinajstić information content (AvgIpc) is 2.55. The number of alkyl halides is 2. The summed E-state index contributed by atoms with van der Waals surface area (Å²) in [7, 11) is 1.65. The molecule has 1 saturated heterocycles. The van der Waals surface area contributed by atoms with Crippen LogP contribution < -0.4 is 9.64 Å². The van der Waals surface area contributed by atoms with Crippen LogP contribution in [0.15, 0.2) is 24.3 Å². The Morgan fingerprint density at radius 1 is 1.09 bits per heavy atom. The summed E-state index contributed by atoms with van der Waals surface area (Å²) in [5.74, 6) is 0.844. The van der Waals surface area contributed by atoms with Gasteiger partial charge >= 0.3 is 6.11 Å². The Morgan fingerprint density at radius 3 is 2.27 bits per heavy atom. The van der Waals surface area contributed by atoms with Crippen LogP contribution in [0.3, 0.4) is 0 Å². The predicted octanol–water partition coefficient (Wildman–Crippen LogP) is 2.84. The van der Waals surface area contributed by atoms with Crippen LogP contribution in [0.25, 0.3) is 0 Å². The fourth-order valence-electron chi connectivity index (χ4n) is 2.45. The van der Waals surface area contributed by atoms with E-state index in [-0.39, 0.29) is 13.0 Å². The van der Waals surface area contributed by atoms with Crippen molar-refractivity contribution in [2.24, 2.45) is 0 Å². The second kappa shape index (κ2) is 7.74. The number of methoxy groups -OCH3 is 1. The number of hydrogen-bond donors (Lipinski definition) is 0. The zero-order chi connectivity index (χ0) is 16.0. The largest absolute Gasteiger partial charge is 0.497 e. The number of anilines is 1. The lowest BCUT2D eigenvalue weighted by molar-refractivity contribution is -0.240. The van der Waals surface area contributed by atoms with Crippen LogP contribution in [0.1, 0.15) is 13.3 Å². The summed E-state index contributed by atoms with van der Waals surface area (Å²) in [5.41, 5.74) is 1.16. The fraction of sp³-hybridized carbons (Fsp3) is 0.625. The molecule has 0 aromatic heterocycles. The number of benzene rings is 1. The van der Waals surface area contributed by atoms with E-state index in [0.717, 1.165) is 37.6 Å². The van der Waals surface area contributed by atoms with Crippen molar-refractivity contribution < 1.29 is 18.3 Å². The number of piperazine rings is 1. The average molecular weight is 314 g/mol. The van der Waals surface area contributed by atoms with Crippen molar-refractivity contribution in [1.29, 1.82) is 0 Å². The predicted molar refractivity (Wildman–Crippen MR) is 82.8 cm³/mol. The van der Waals surface area contributed by atoms with E-state index in [4.69, 9.17) is 4.74 Å². The van der Waals surface area contributed by atoms with Gasteiger partial charge in [-0.1, -0.05) is 6.92 Å². The maximum atomic E-state index is 13.0. The Balaban J connectivity index is 1.73. The van der Waals surface area contributed by atoms with Gasteiger partial charge in [-0.05, 0) is 24.3 Å². The molecule has 0 amide bonds. The van der Waals surface area contributed by atoms with E-state index in [2.05, 4.69) is 14.5 Å². The van der Waals surface area contributed by atoms with E-state index in [0.29, 0.717) is 6.54 Å². The lowest BCUT2D eigenvalue weighted by atomic mass is 10.2. The molecule has 0 bridgehead atoms. The maximum Gasteiger partial charge on any atom is 0.355 e. The number of halogens is 2. The third-order valence-corrected chi connectivity index (χ3v) is 3.94. The van der Waals surface area contributed by atoms with Crippen molar-refractivity contribution in [3.05, 3.63) is 24.3 Å². The number of nitrogens with zero attached hydrogens (tertiary/aromatic N) is 2. The molecule has 2 rings (SSSR count). The smallest absolute Gasteiger partial charge is 0.355 e. The first kappa shape index (κ1) is 17.0. The Kier molecular flexibility index (Phi) is 5.97. The molecule has 0 unspecified atom stereocenters. The van der Waals surface area contributed by atoms with Gasteiger partial charge in [0.1, 0.15) is 5.75 Å². The normalized spacial score (nSPS) is 16.8.